The third-order valence-electron chi connectivity index (χ3n) is 3.81. The summed E-state index contributed by atoms with van der Waals surface area (Å²) in [7, 11) is 1.50. The molecule has 1 aromatic carbocycles. The summed E-state index contributed by atoms with van der Waals surface area (Å²) < 4.78 is 0. The first-order valence-corrected chi connectivity index (χ1v) is 10.1. The molecule has 0 unspecified atom stereocenters. The first kappa shape index (κ1) is 20.8. The number of rotatable bonds is 7. The second kappa shape index (κ2) is 9.99. The van der Waals surface area contributed by atoms with Crippen molar-refractivity contribution in [2.75, 3.05) is 23.9 Å². The number of nitrogens with zero attached hydrogens (tertiary/aromatic N) is 2. The molecule has 5 N–H and O–H groups in total. The van der Waals surface area contributed by atoms with Crippen LogP contribution in [0.4, 0.5) is 17.2 Å². The Morgan fingerprint density at radius 3 is 2.67 bits per heavy atom. The topological polar surface area (TPSA) is 91.6 Å². The van der Waals surface area contributed by atoms with Crippen LogP contribution in [0.25, 0.3) is 11.2 Å². The molecule has 6 nitrogen and oxygen atoms in total. The van der Waals surface area contributed by atoms with Crippen LogP contribution in [-0.2, 0) is 0 Å². The lowest BCUT2D eigenvalue weighted by Gasteiger charge is -2.13. The minimum Gasteiger partial charge on any atom is -0.353 e. The van der Waals surface area contributed by atoms with E-state index in [4.69, 9.17) is 0 Å². The lowest BCUT2D eigenvalue weighted by molar-refractivity contribution is 0.911. The number of aromatic nitrogens is 3. The molecule has 0 saturated heterocycles. The van der Waals surface area contributed by atoms with E-state index in [2.05, 4.69) is 63.2 Å². The summed E-state index contributed by atoms with van der Waals surface area (Å²) in [5.74, 6) is 1.59. The minimum absolute atomic E-state index is 0.691. The summed E-state index contributed by atoms with van der Waals surface area (Å²) in [5.41, 5.74) is 9.06. The van der Waals surface area contributed by atoms with Gasteiger partial charge < -0.3 is 21.4 Å². The number of H-pyrrole nitrogens is 1. The zero-order valence-electron chi connectivity index (χ0n) is 16.4. The third kappa shape index (κ3) is 5.24. The van der Waals surface area contributed by atoms with Gasteiger partial charge in [-0.3, -0.25) is 0 Å². The van der Waals surface area contributed by atoms with E-state index in [1.54, 1.807) is 11.8 Å². The summed E-state index contributed by atoms with van der Waals surface area (Å²) in [6.07, 6.45) is 4.03. The highest BCUT2D eigenvalue weighted by Gasteiger charge is 2.12. The lowest BCUT2D eigenvalue weighted by atomic mass is 10.2. The summed E-state index contributed by atoms with van der Waals surface area (Å²) >= 11 is 1.71. The standard InChI is InChI=1S/C19H23N5S.CH5N/c1-5-8-12(2)20-17-11-15(18-19(24-17)22-13(3)21-18)23-14-9-6-7-10-16(14)25-4;1-2/h6-7,9-11H,2,5,8H2,1,3-4H3,(H3,20,21,22,23,24);2H2,1H3. The molecule has 0 amide bonds. The minimum atomic E-state index is 0.691. The molecule has 2 heterocycles. The van der Waals surface area contributed by atoms with Crippen molar-refractivity contribution in [3.05, 3.63) is 48.4 Å². The van der Waals surface area contributed by atoms with E-state index in [-0.39, 0.29) is 0 Å². The number of fused-ring (bicyclic) bond motifs is 1. The maximum Gasteiger partial charge on any atom is 0.181 e. The Morgan fingerprint density at radius 1 is 1.22 bits per heavy atom. The fraction of sp³-hybridized carbons (Fsp3) is 0.300. The van der Waals surface area contributed by atoms with Crippen molar-refractivity contribution < 1.29 is 0 Å². The molecule has 0 saturated carbocycles. The Hall–Kier alpha value is -2.51. The monoisotopic (exact) mass is 384 g/mol. The number of para-hydroxylation sites is 1. The molecule has 0 fully saturated rings. The normalized spacial score (nSPS) is 10.3. The highest BCUT2D eigenvalue weighted by Crippen LogP contribution is 2.32. The van der Waals surface area contributed by atoms with E-state index in [0.29, 0.717) is 5.65 Å². The van der Waals surface area contributed by atoms with Crippen molar-refractivity contribution in [3.63, 3.8) is 0 Å². The molecular formula is C20H28N6S. The molecule has 0 spiro atoms. The van der Waals surface area contributed by atoms with Crippen molar-refractivity contribution in [1.29, 1.82) is 0 Å². The average molecular weight is 385 g/mol. The number of hydrogen-bond acceptors (Lipinski definition) is 6. The average Bonchev–Trinajstić information content (AvgIpc) is 3.04. The number of nitrogens with two attached hydrogens (primary N) is 1. The van der Waals surface area contributed by atoms with E-state index in [9.17, 15) is 0 Å². The molecule has 0 aliphatic rings. The number of allylic oxidation sites excluding steroid dienone is 1. The van der Waals surface area contributed by atoms with Crippen LogP contribution in [0.1, 0.15) is 25.6 Å². The van der Waals surface area contributed by atoms with E-state index < -0.39 is 0 Å². The van der Waals surface area contributed by atoms with Gasteiger partial charge in [0.25, 0.3) is 0 Å². The van der Waals surface area contributed by atoms with Gasteiger partial charge in [0.1, 0.15) is 17.2 Å². The predicted octanol–water partition coefficient (Wildman–Crippen LogP) is 5.03. The molecule has 2 aromatic heterocycles. The van der Waals surface area contributed by atoms with E-state index in [0.717, 1.165) is 47.1 Å². The maximum absolute atomic E-state index is 4.60. The van der Waals surface area contributed by atoms with Crippen LogP contribution in [0.2, 0.25) is 0 Å². The van der Waals surface area contributed by atoms with Gasteiger partial charge in [0.05, 0.1) is 11.4 Å². The zero-order valence-corrected chi connectivity index (χ0v) is 17.2. The van der Waals surface area contributed by atoms with Gasteiger partial charge in [-0.1, -0.05) is 32.1 Å². The van der Waals surface area contributed by atoms with Gasteiger partial charge in [-0.05, 0) is 38.8 Å². The maximum atomic E-state index is 4.60. The first-order chi connectivity index (χ1) is 13.1. The van der Waals surface area contributed by atoms with Crippen molar-refractivity contribution >= 4 is 40.1 Å². The number of benzene rings is 1. The van der Waals surface area contributed by atoms with E-state index in [1.165, 1.54) is 11.9 Å². The predicted molar refractivity (Wildman–Crippen MR) is 118 cm³/mol. The molecule has 3 aromatic rings. The number of thioether (sulfide) groups is 1. The number of aromatic amines is 1. The van der Waals surface area contributed by atoms with Crippen LogP contribution in [0.5, 0.6) is 0 Å². The number of anilines is 3. The molecule has 0 atom stereocenters. The Kier molecular flexibility index (Phi) is 7.69. The first-order valence-electron chi connectivity index (χ1n) is 8.90. The van der Waals surface area contributed by atoms with Gasteiger partial charge in [0.2, 0.25) is 0 Å². The molecular weight excluding hydrogens is 356 g/mol. The van der Waals surface area contributed by atoms with Crippen molar-refractivity contribution in [3.8, 4) is 0 Å². The smallest absolute Gasteiger partial charge is 0.181 e. The quantitative estimate of drug-likeness (QED) is 0.427. The van der Waals surface area contributed by atoms with Crippen molar-refractivity contribution in [1.82, 2.24) is 15.0 Å². The number of hydrogen-bond donors (Lipinski definition) is 4. The van der Waals surface area contributed by atoms with Crippen molar-refractivity contribution in [2.45, 2.75) is 31.6 Å². The molecule has 0 aliphatic carbocycles. The Labute approximate surface area is 165 Å². The molecule has 0 radical (unpaired) electrons. The van der Waals surface area contributed by atoms with Crippen LogP contribution in [-0.4, -0.2) is 28.3 Å². The summed E-state index contributed by atoms with van der Waals surface area (Å²) in [6.45, 7) is 8.13. The zero-order chi connectivity index (χ0) is 19.8. The highest BCUT2D eigenvalue weighted by atomic mass is 32.2. The van der Waals surface area contributed by atoms with Gasteiger partial charge in [0.15, 0.2) is 5.65 Å². The number of pyridine rings is 1. The van der Waals surface area contributed by atoms with E-state index in [1.807, 2.05) is 25.1 Å². The second-order valence-electron chi connectivity index (χ2n) is 5.88. The van der Waals surface area contributed by atoms with Crippen LogP contribution in [0.3, 0.4) is 0 Å². The molecule has 27 heavy (non-hydrogen) atoms. The van der Waals surface area contributed by atoms with Gasteiger partial charge in [-0.25, -0.2) is 9.97 Å². The summed E-state index contributed by atoms with van der Waals surface area (Å²) in [5, 5.41) is 6.82. The second-order valence-corrected chi connectivity index (χ2v) is 6.73. The lowest BCUT2D eigenvalue weighted by Crippen LogP contribution is -2.02. The molecule has 0 bridgehead atoms. The van der Waals surface area contributed by atoms with Crippen LogP contribution in [0, 0.1) is 6.92 Å². The number of nitrogens with one attached hydrogen (secondary N) is 3. The Morgan fingerprint density at radius 2 is 1.96 bits per heavy atom. The number of aryl methyl sites for hydroxylation is 1. The van der Waals surface area contributed by atoms with Gasteiger partial charge >= 0.3 is 0 Å². The fourth-order valence-corrected chi connectivity index (χ4v) is 3.26. The summed E-state index contributed by atoms with van der Waals surface area (Å²) in [4.78, 5) is 13.6. The summed E-state index contributed by atoms with van der Waals surface area (Å²) in [6, 6.07) is 10.2. The largest absolute Gasteiger partial charge is 0.353 e. The van der Waals surface area contributed by atoms with Crippen molar-refractivity contribution in [2.24, 2.45) is 5.73 Å². The molecule has 3 rings (SSSR count). The van der Waals surface area contributed by atoms with E-state index >= 15 is 0 Å². The Balaban J connectivity index is 0.00000126. The van der Waals surface area contributed by atoms with Crippen LogP contribution >= 0.6 is 11.8 Å². The van der Waals surface area contributed by atoms with Gasteiger partial charge in [-0.2, -0.15) is 0 Å². The van der Waals surface area contributed by atoms with Crippen LogP contribution < -0.4 is 16.4 Å². The SMILES string of the molecule is C=C(CCC)Nc1cc(Nc2ccccc2SC)c2[nH]c(C)nc2n1.CN. The number of imidazole rings is 1. The Bertz CT molecular complexity index is 903. The van der Waals surface area contributed by atoms with Gasteiger partial charge in [-0.15, -0.1) is 11.8 Å². The van der Waals surface area contributed by atoms with Gasteiger partial charge in [0, 0.05) is 16.7 Å². The molecule has 7 heteroatoms. The molecule has 144 valence electrons. The third-order valence-corrected chi connectivity index (χ3v) is 4.61. The fourth-order valence-electron chi connectivity index (χ4n) is 2.70. The van der Waals surface area contributed by atoms with Crippen LogP contribution in [0.15, 0.2) is 47.5 Å². The highest BCUT2D eigenvalue weighted by molar-refractivity contribution is 7.98. The molecule has 0 aliphatic heterocycles.